The monoisotopic (exact) mass is 416 g/mol. The van der Waals surface area contributed by atoms with E-state index in [1.165, 1.54) is 13.2 Å². The van der Waals surface area contributed by atoms with Gasteiger partial charge < -0.3 is 14.2 Å². The predicted molar refractivity (Wildman–Crippen MR) is 108 cm³/mol. The van der Waals surface area contributed by atoms with E-state index in [-0.39, 0.29) is 17.1 Å². The van der Waals surface area contributed by atoms with Gasteiger partial charge in [-0.3, -0.25) is 0 Å². The molecule has 2 aromatic rings. The summed E-state index contributed by atoms with van der Waals surface area (Å²) in [5.74, 6) is 0.359. The van der Waals surface area contributed by atoms with Crippen molar-refractivity contribution in [3.05, 3.63) is 71.5 Å². The van der Waals surface area contributed by atoms with E-state index in [9.17, 15) is 13.2 Å². The Morgan fingerprint density at radius 1 is 1.00 bits per heavy atom. The second-order valence-corrected chi connectivity index (χ2v) is 9.06. The van der Waals surface area contributed by atoms with Crippen LogP contribution in [0.25, 0.3) is 0 Å². The van der Waals surface area contributed by atoms with Crippen molar-refractivity contribution in [2.45, 2.75) is 36.0 Å². The zero-order chi connectivity index (χ0) is 21.0. The average Bonchev–Trinajstić information content (AvgIpc) is 3.09. The Balaban J connectivity index is 1.91. The highest BCUT2D eigenvalue weighted by Crippen LogP contribution is 2.31. The van der Waals surface area contributed by atoms with Gasteiger partial charge in [0.05, 0.1) is 25.2 Å². The van der Waals surface area contributed by atoms with Crippen LogP contribution < -0.4 is 4.74 Å². The summed E-state index contributed by atoms with van der Waals surface area (Å²) in [6.07, 6.45) is 0.985. The molecule has 6 nitrogen and oxygen atoms in total. The number of rotatable bonds is 8. The number of cyclic esters (lactones) is 1. The number of hydrogen-bond donors (Lipinski definition) is 0. The number of esters is 1. The molecular formula is C22H24O6S. The lowest BCUT2D eigenvalue weighted by atomic mass is 10.0. The molecule has 2 atom stereocenters. The van der Waals surface area contributed by atoms with Crippen LogP contribution in [0.2, 0.25) is 0 Å². The summed E-state index contributed by atoms with van der Waals surface area (Å²) >= 11 is 0. The molecule has 29 heavy (non-hydrogen) atoms. The maximum atomic E-state index is 13.4. The summed E-state index contributed by atoms with van der Waals surface area (Å²) in [4.78, 5) is 12.0. The molecule has 154 valence electrons. The number of benzene rings is 2. The lowest BCUT2D eigenvalue weighted by Gasteiger charge is -2.24. The fourth-order valence-corrected chi connectivity index (χ4v) is 5.13. The van der Waals surface area contributed by atoms with Crippen molar-refractivity contribution in [2.24, 2.45) is 0 Å². The van der Waals surface area contributed by atoms with Gasteiger partial charge >= 0.3 is 5.97 Å². The molecule has 0 bridgehead atoms. The quantitative estimate of drug-likeness (QED) is 0.615. The molecule has 0 amide bonds. The standard InChI is InChI=1S/C22H24O6S/c1-15-4-11-18(12-5-15)29(24,25)20(22-19(27-3)14-21(23)28-22)13-8-16-6-9-17(26-2)10-7-16/h4-7,9-12,14,20,22H,8,13H2,1-3H3. The number of sulfone groups is 1. The van der Waals surface area contributed by atoms with Gasteiger partial charge in [0.15, 0.2) is 15.9 Å². The van der Waals surface area contributed by atoms with Gasteiger partial charge in [-0.25, -0.2) is 13.2 Å². The highest BCUT2D eigenvalue weighted by molar-refractivity contribution is 7.92. The molecule has 0 saturated carbocycles. The van der Waals surface area contributed by atoms with Crippen LogP contribution in [0.4, 0.5) is 0 Å². The highest BCUT2D eigenvalue weighted by Gasteiger charge is 2.42. The topological polar surface area (TPSA) is 78.9 Å². The molecule has 0 fully saturated rings. The molecule has 1 aliphatic rings. The maximum Gasteiger partial charge on any atom is 0.335 e. The van der Waals surface area contributed by atoms with Crippen LogP contribution >= 0.6 is 0 Å². The van der Waals surface area contributed by atoms with Crippen LogP contribution in [0, 0.1) is 6.92 Å². The molecule has 0 saturated heterocycles. The first-order valence-corrected chi connectivity index (χ1v) is 10.8. The first-order valence-electron chi connectivity index (χ1n) is 9.25. The minimum absolute atomic E-state index is 0.196. The van der Waals surface area contributed by atoms with Gasteiger partial charge in [-0.2, -0.15) is 0 Å². The Labute approximate surface area is 171 Å². The smallest absolute Gasteiger partial charge is 0.335 e. The second-order valence-electron chi connectivity index (χ2n) is 6.89. The Hall–Kier alpha value is -2.80. The van der Waals surface area contributed by atoms with E-state index in [1.54, 1.807) is 31.4 Å². The third-order valence-corrected chi connectivity index (χ3v) is 7.19. The third-order valence-electron chi connectivity index (χ3n) is 4.98. The Morgan fingerprint density at radius 3 is 2.24 bits per heavy atom. The fraction of sp³-hybridized carbons (Fsp3) is 0.318. The number of carbonyl (C=O) groups excluding carboxylic acids is 1. The first kappa shape index (κ1) is 20.9. The van der Waals surface area contributed by atoms with Crippen LogP contribution in [0.1, 0.15) is 17.5 Å². The minimum Gasteiger partial charge on any atom is -0.497 e. The molecule has 0 spiro atoms. The summed E-state index contributed by atoms with van der Waals surface area (Å²) in [6, 6.07) is 14.1. The Morgan fingerprint density at radius 2 is 1.66 bits per heavy atom. The van der Waals surface area contributed by atoms with Crippen molar-refractivity contribution in [2.75, 3.05) is 14.2 Å². The summed E-state index contributed by atoms with van der Waals surface area (Å²) in [5.41, 5.74) is 1.92. The van der Waals surface area contributed by atoms with Crippen molar-refractivity contribution in [3.63, 3.8) is 0 Å². The van der Waals surface area contributed by atoms with Crippen LogP contribution in [-0.4, -0.2) is 40.0 Å². The molecule has 2 aromatic carbocycles. The summed E-state index contributed by atoms with van der Waals surface area (Å²) < 4.78 is 42.6. The molecule has 0 N–H and O–H groups in total. The van der Waals surface area contributed by atoms with E-state index < -0.39 is 27.2 Å². The molecule has 0 aromatic heterocycles. The van der Waals surface area contributed by atoms with Gasteiger partial charge in [-0.15, -0.1) is 0 Å². The number of aryl methyl sites for hydroxylation is 2. The molecule has 1 heterocycles. The maximum absolute atomic E-state index is 13.4. The lowest BCUT2D eigenvalue weighted by molar-refractivity contribution is -0.139. The number of ether oxygens (including phenoxy) is 3. The summed E-state index contributed by atoms with van der Waals surface area (Å²) in [5, 5.41) is -0.968. The van der Waals surface area contributed by atoms with Crippen molar-refractivity contribution < 1.29 is 27.4 Å². The van der Waals surface area contributed by atoms with Crippen LogP contribution in [0.5, 0.6) is 5.75 Å². The van der Waals surface area contributed by atoms with E-state index in [0.717, 1.165) is 16.9 Å². The van der Waals surface area contributed by atoms with E-state index in [4.69, 9.17) is 14.2 Å². The summed E-state index contributed by atoms with van der Waals surface area (Å²) in [6.45, 7) is 1.89. The van der Waals surface area contributed by atoms with Crippen LogP contribution in [-0.2, 0) is 30.5 Å². The van der Waals surface area contributed by atoms with Gasteiger partial charge in [0.25, 0.3) is 0 Å². The van der Waals surface area contributed by atoms with Gasteiger partial charge in [0.2, 0.25) is 0 Å². The highest BCUT2D eigenvalue weighted by atomic mass is 32.2. The van der Waals surface area contributed by atoms with Crippen molar-refractivity contribution in [1.82, 2.24) is 0 Å². The molecule has 0 aliphatic carbocycles. The molecule has 7 heteroatoms. The average molecular weight is 416 g/mol. The molecule has 1 aliphatic heterocycles. The van der Waals surface area contributed by atoms with E-state index in [2.05, 4.69) is 0 Å². The van der Waals surface area contributed by atoms with Gasteiger partial charge in [0, 0.05) is 0 Å². The zero-order valence-electron chi connectivity index (χ0n) is 16.6. The third kappa shape index (κ3) is 4.62. The van der Waals surface area contributed by atoms with Crippen LogP contribution in [0.3, 0.4) is 0 Å². The Bertz CT molecular complexity index is 991. The van der Waals surface area contributed by atoms with E-state index >= 15 is 0 Å². The number of methoxy groups -OCH3 is 2. The fourth-order valence-electron chi connectivity index (χ4n) is 3.32. The Kier molecular flexibility index (Phi) is 6.27. The summed E-state index contributed by atoms with van der Waals surface area (Å²) in [7, 11) is -0.781. The second kappa shape index (κ2) is 8.69. The van der Waals surface area contributed by atoms with Gasteiger partial charge in [0.1, 0.15) is 16.8 Å². The SMILES string of the molecule is COC1=CC(=O)OC1C(CCc1ccc(OC)cc1)S(=O)(=O)c1ccc(C)cc1. The molecular weight excluding hydrogens is 392 g/mol. The molecule has 3 rings (SSSR count). The molecule has 0 radical (unpaired) electrons. The predicted octanol–water partition coefficient (Wildman–Crippen LogP) is 3.23. The van der Waals surface area contributed by atoms with Gasteiger partial charge in [-0.1, -0.05) is 29.8 Å². The minimum atomic E-state index is -3.77. The molecule has 2 unspecified atom stereocenters. The van der Waals surface area contributed by atoms with Crippen molar-refractivity contribution >= 4 is 15.8 Å². The van der Waals surface area contributed by atoms with Crippen LogP contribution in [0.15, 0.2) is 65.3 Å². The largest absolute Gasteiger partial charge is 0.497 e. The zero-order valence-corrected chi connectivity index (χ0v) is 17.4. The van der Waals surface area contributed by atoms with Crippen molar-refractivity contribution in [3.8, 4) is 5.75 Å². The number of hydrogen-bond acceptors (Lipinski definition) is 6. The number of carbonyl (C=O) groups is 1. The van der Waals surface area contributed by atoms with Gasteiger partial charge in [-0.05, 0) is 49.6 Å². The van der Waals surface area contributed by atoms with E-state index in [1.807, 2.05) is 31.2 Å². The van der Waals surface area contributed by atoms with Crippen molar-refractivity contribution in [1.29, 1.82) is 0 Å². The normalized spacial score (nSPS) is 17.4. The first-order chi connectivity index (χ1) is 13.8. The lowest BCUT2D eigenvalue weighted by Crippen LogP contribution is -2.37. The van der Waals surface area contributed by atoms with E-state index in [0.29, 0.717) is 6.42 Å².